The van der Waals surface area contributed by atoms with Crippen LogP contribution in [0, 0.1) is 0 Å². The molecule has 0 aliphatic rings. The van der Waals surface area contributed by atoms with E-state index in [4.69, 9.17) is 9.92 Å². The zero-order valence-corrected chi connectivity index (χ0v) is 15.5. The number of hydrogen-bond acceptors (Lipinski definition) is 6. The molecule has 0 heterocycles. The molecule has 142 valence electrons. The van der Waals surface area contributed by atoms with Crippen molar-refractivity contribution in [2.45, 2.75) is 11.5 Å². The van der Waals surface area contributed by atoms with Gasteiger partial charge in [-0.3, -0.25) is 0 Å². The number of aliphatic hydroxyl groups is 1. The number of fused-ring (bicyclic) bond motifs is 2. The Labute approximate surface area is 161 Å². The quantitative estimate of drug-likeness (QED) is 0.360. The van der Waals surface area contributed by atoms with Gasteiger partial charge in [0.1, 0.15) is 10.6 Å². The van der Waals surface area contributed by atoms with Gasteiger partial charge in [0.25, 0.3) is 0 Å². The summed E-state index contributed by atoms with van der Waals surface area (Å²) in [5.41, 5.74) is 6.77. The van der Waals surface area contributed by atoms with Crippen molar-refractivity contribution in [3.63, 3.8) is 0 Å². The molecule has 0 aromatic heterocycles. The largest absolute Gasteiger partial charge is 0.508 e. The minimum absolute atomic E-state index is 0.00510. The standard InChI is InChI=1S/C21H17NO5S/c22-18-8-9-21(16-6-2-1-5-15(16)18)28(25,26)27-20-7-3-4-13-10-14(12-23)19(24)11-17(13)20/h1-11,23-24H,12,22H2. The van der Waals surface area contributed by atoms with Crippen molar-refractivity contribution < 1.29 is 22.8 Å². The van der Waals surface area contributed by atoms with E-state index in [-0.39, 0.29) is 23.0 Å². The summed E-state index contributed by atoms with van der Waals surface area (Å²) in [5.74, 6) is -0.0559. The third kappa shape index (κ3) is 3.00. The topological polar surface area (TPSA) is 110 Å². The Kier molecular flexibility index (Phi) is 4.33. The van der Waals surface area contributed by atoms with Crippen LogP contribution in [0.25, 0.3) is 21.5 Å². The summed E-state index contributed by atoms with van der Waals surface area (Å²) in [4.78, 5) is 0.00510. The number of nitrogens with two attached hydrogens (primary N) is 1. The van der Waals surface area contributed by atoms with Crippen LogP contribution in [0.5, 0.6) is 11.5 Å². The Bertz CT molecular complexity index is 1320. The van der Waals surface area contributed by atoms with Gasteiger partial charge >= 0.3 is 10.1 Å². The van der Waals surface area contributed by atoms with Gasteiger partial charge in [-0.05, 0) is 35.7 Å². The lowest BCUT2D eigenvalue weighted by atomic mass is 10.1. The molecule has 4 aromatic carbocycles. The molecular weight excluding hydrogens is 378 g/mol. The van der Waals surface area contributed by atoms with Gasteiger partial charge in [0, 0.05) is 27.4 Å². The fourth-order valence-electron chi connectivity index (χ4n) is 3.21. The van der Waals surface area contributed by atoms with Crippen molar-refractivity contribution in [1.82, 2.24) is 0 Å². The Balaban J connectivity index is 1.86. The molecule has 0 aliphatic carbocycles. The highest BCUT2D eigenvalue weighted by atomic mass is 32.2. The number of benzene rings is 4. The minimum atomic E-state index is -4.16. The molecule has 4 N–H and O–H groups in total. The van der Waals surface area contributed by atoms with Crippen LogP contribution in [0.15, 0.2) is 71.6 Å². The molecule has 0 amide bonds. The second-order valence-corrected chi connectivity index (χ2v) is 7.87. The van der Waals surface area contributed by atoms with Gasteiger partial charge in [0.2, 0.25) is 0 Å². The summed E-state index contributed by atoms with van der Waals surface area (Å²) in [5, 5.41) is 21.5. The second-order valence-electron chi connectivity index (χ2n) is 6.35. The number of aliphatic hydroxyl groups excluding tert-OH is 1. The molecule has 0 atom stereocenters. The first-order valence-electron chi connectivity index (χ1n) is 8.48. The van der Waals surface area contributed by atoms with E-state index in [1.165, 1.54) is 24.3 Å². The lowest BCUT2D eigenvalue weighted by Crippen LogP contribution is -2.11. The average molecular weight is 395 g/mol. The van der Waals surface area contributed by atoms with Crippen molar-refractivity contribution in [3.8, 4) is 11.5 Å². The van der Waals surface area contributed by atoms with Gasteiger partial charge in [-0.2, -0.15) is 8.42 Å². The Hall–Kier alpha value is -3.29. The molecule has 0 aliphatic heterocycles. The normalized spacial score (nSPS) is 11.8. The van der Waals surface area contributed by atoms with Crippen molar-refractivity contribution in [2.75, 3.05) is 5.73 Å². The van der Waals surface area contributed by atoms with E-state index in [2.05, 4.69) is 0 Å². The molecule has 4 rings (SSSR count). The predicted octanol–water partition coefficient (Wildman–Crippen LogP) is 3.54. The summed E-state index contributed by atoms with van der Waals surface area (Å²) < 4.78 is 31.5. The summed E-state index contributed by atoms with van der Waals surface area (Å²) in [6, 6.07) is 17.7. The molecule has 0 bridgehead atoms. The maximum Gasteiger partial charge on any atom is 0.339 e. The van der Waals surface area contributed by atoms with Crippen LogP contribution in [0.1, 0.15) is 5.56 Å². The number of anilines is 1. The fraction of sp³-hybridized carbons (Fsp3) is 0.0476. The number of hydrogen-bond donors (Lipinski definition) is 3. The van der Waals surface area contributed by atoms with Crippen LogP contribution in [-0.4, -0.2) is 18.6 Å². The maximum absolute atomic E-state index is 13.0. The summed E-state index contributed by atoms with van der Waals surface area (Å²) in [6.07, 6.45) is 0. The number of rotatable bonds is 4. The van der Waals surface area contributed by atoms with E-state index in [0.29, 0.717) is 32.8 Å². The lowest BCUT2D eigenvalue weighted by Gasteiger charge is -2.13. The smallest absolute Gasteiger partial charge is 0.339 e. The summed E-state index contributed by atoms with van der Waals surface area (Å²) in [6.45, 7) is -0.331. The number of phenols is 1. The van der Waals surface area contributed by atoms with Gasteiger partial charge in [-0.1, -0.05) is 36.4 Å². The van der Waals surface area contributed by atoms with Crippen LogP contribution in [0.3, 0.4) is 0 Å². The van der Waals surface area contributed by atoms with Gasteiger partial charge in [0.15, 0.2) is 5.75 Å². The first-order chi connectivity index (χ1) is 13.4. The second kappa shape index (κ2) is 6.70. The first-order valence-corrected chi connectivity index (χ1v) is 9.89. The van der Waals surface area contributed by atoms with E-state index in [1.54, 1.807) is 42.5 Å². The zero-order valence-electron chi connectivity index (χ0n) is 14.7. The predicted molar refractivity (Wildman–Crippen MR) is 108 cm³/mol. The monoisotopic (exact) mass is 395 g/mol. The molecule has 6 nitrogen and oxygen atoms in total. The highest BCUT2D eigenvalue weighted by molar-refractivity contribution is 7.87. The van der Waals surface area contributed by atoms with Gasteiger partial charge in [-0.25, -0.2) is 0 Å². The summed E-state index contributed by atoms with van der Waals surface area (Å²) in [7, 11) is -4.16. The van der Waals surface area contributed by atoms with Crippen LogP contribution >= 0.6 is 0 Å². The number of nitrogen functional groups attached to an aromatic ring is 1. The molecular formula is C21H17NO5S. The molecule has 0 spiro atoms. The van der Waals surface area contributed by atoms with E-state index >= 15 is 0 Å². The average Bonchev–Trinajstić information content (AvgIpc) is 2.68. The van der Waals surface area contributed by atoms with E-state index < -0.39 is 10.1 Å². The molecule has 0 saturated carbocycles. The van der Waals surface area contributed by atoms with Crippen molar-refractivity contribution in [2.24, 2.45) is 0 Å². The maximum atomic E-state index is 13.0. The first kappa shape index (κ1) is 18.1. The molecule has 0 saturated heterocycles. The zero-order chi connectivity index (χ0) is 19.9. The van der Waals surface area contributed by atoms with Crippen LogP contribution in [-0.2, 0) is 16.7 Å². The van der Waals surface area contributed by atoms with Gasteiger partial charge in [0.05, 0.1) is 6.61 Å². The van der Waals surface area contributed by atoms with E-state index in [1.807, 2.05) is 0 Å². The third-order valence-electron chi connectivity index (χ3n) is 4.60. The highest BCUT2D eigenvalue weighted by Crippen LogP contribution is 2.35. The van der Waals surface area contributed by atoms with Crippen molar-refractivity contribution in [3.05, 3.63) is 72.3 Å². The molecule has 0 radical (unpaired) electrons. The van der Waals surface area contributed by atoms with E-state index in [9.17, 15) is 18.6 Å². The molecule has 4 aromatic rings. The van der Waals surface area contributed by atoms with E-state index in [0.717, 1.165) is 0 Å². The SMILES string of the molecule is Nc1ccc(S(=O)(=O)Oc2cccc3cc(CO)c(O)cc23)c2ccccc12. The van der Waals surface area contributed by atoms with Crippen LogP contribution in [0.4, 0.5) is 5.69 Å². The minimum Gasteiger partial charge on any atom is -0.508 e. The molecule has 0 fully saturated rings. The molecule has 7 heteroatoms. The fourth-order valence-corrected chi connectivity index (χ4v) is 4.36. The highest BCUT2D eigenvalue weighted by Gasteiger charge is 2.22. The third-order valence-corrected chi connectivity index (χ3v) is 5.89. The van der Waals surface area contributed by atoms with Crippen LogP contribution in [0.2, 0.25) is 0 Å². The Morgan fingerprint density at radius 2 is 1.64 bits per heavy atom. The van der Waals surface area contributed by atoms with Gasteiger partial charge < -0.3 is 20.1 Å². The lowest BCUT2D eigenvalue weighted by molar-refractivity contribution is 0.276. The summed E-state index contributed by atoms with van der Waals surface area (Å²) >= 11 is 0. The molecule has 0 unspecified atom stereocenters. The number of aromatic hydroxyl groups is 1. The molecule has 28 heavy (non-hydrogen) atoms. The van der Waals surface area contributed by atoms with Crippen LogP contribution < -0.4 is 9.92 Å². The Morgan fingerprint density at radius 1 is 0.893 bits per heavy atom. The van der Waals surface area contributed by atoms with Crippen molar-refractivity contribution >= 4 is 37.4 Å². The van der Waals surface area contributed by atoms with Crippen molar-refractivity contribution in [1.29, 1.82) is 0 Å². The van der Waals surface area contributed by atoms with Gasteiger partial charge in [-0.15, -0.1) is 0 Å². The Morgan fingerprint density at radius 3 is 2.39 bits per heavy atom.